The molecule has 2 amide bonds. The highest BCUT2D eigenvalue weighted by molar-refractivity contribution is 6.32. The number of hydrogen-bond acceptors (Lipinski definition) is 6. The smallest absolute Gasteiger partial charge is 0.238 e. The van der Waals surface area contributed by atoms with Gasteiger partial charge in [-0.05, 0) is 65.3 Å². The van der Waals surface area contributed by atoms with Crippen molar-refractivity contribution >= 4 is 40.7 Å². The maximum atomic E-state index is 15.3. The highest BCUT2D eigenvalue weighted by Gasteiger charge is 2.66. The Labute approximate surface area is 325 Å². The summed E-state index contributed by atoms with van der Waals surface area (Å²) in [4.78, 5) is 60.6. The number of ether oxygens (including phenoxy) is 1. The standard InChI is InChI=1S/C49H39NO6/c1-2-30-18-20-34(21-19-30)50-47(54)38-25-24-36-40(44(38)48(50)55)27-41-46(53)39(32-14-8-4-9-15-32)28-43(52)49(41,33-16-10-5-11-17-33)45(36)37-23-22-35(26-42(37)51)56-29-31-12-6-3-7-13-31/h2-24,26,28,38,40-41,44-45,51H,1,25,27,29H2/t38-,40+,41-,44-,45+,49-/m0/s1. The van der Waals surface area contributed by atoms with Gasteiger partial charge in [-0.1, -0.05) is 133 Å². The van der Waals surface area contributed by atoms with E-state index in [4.69, 9.17) is 4.74 Å². The van der Waals surface area contributed by atoms with E-state index in [0.717, 1.165) is 16.7 Å². The van der Waals surface area contributed by atoms with Gasteiger partial charge in [0.2, 0.25) is 11.8 Å². The lowest BCUT2D eigenvalue weighted by molar-refractivity contribution is -0.135. The average Bonchev–Trinajstić information content (AvgIpc) is 3.50. The molecule has 6 atom stereocenters. The third-order valence-corrected chi connectivity index (χ3v) is 12.3. The summed E-state index contributed by atoms with van der Waals surface area (Å²) in [6.45, 7) is 4.11. The maximum absolute atomic E-state index is 15.3. The van der Waals surface area contributed by atoms with Gasteiger partial charge in [0, 0.05) is 29.0 Å². The van der Waals surface area contributed by atoms with Crippen LogP contribution in [-0.4, -0.2) is 28.5 Å². The van der Waals surface area contributed by atoms with Crippen LogP contribution in [0, 0.1) is 23.7 Å². The summed E-state index contributed by atoms with van der Waals surface area (Å²) in [5, 5.41) is 12.0. The number of carbonyl (C=O) groups excluding carboxylic acids is 4. The van der Waals surface area contributed by atoms with E-state index in [-0.39, 0.29) is 42.0 Å². The van der Waals surface area contributed by atoms with Gasteiger partial charge in [-0.25, -0.2) is 0 Å². The van der Waals surface area contributed by atoms with Crippen LogP contribution in [0.1, 0.15) is 46.6 Å². The first-order valence-electron chi connectivity index (χ1n) is 19.0. The average molecular weight is 738 g/mol. The lowest BCUT2D eigenvalue weighted by Gasteiger charge is -2.55. The van der Waals surface area contributed by atoms with E-state index in [0.29, 0.717) is 40.3 Å². The number of nitrogens with zero attached hydrogens (tertiary/aromatic N) is 1. The monoisotopic (exact) mass is 737 g/mol. The molecule has 5 aromatic rings. The van der Waals surface area contributed by atoms with Crippen molar-refractivity contribution in [3.05, 3.63) is 186 Å². The fraction of sp³-hybridized carbons (Fsp3) is 0.184. The Bertz CT molecular complexity index is 2450. The van der Waals surface area contributed by atoms with E-state index in [9.17, 15) is 14.7 Å². The Morgan fingerprint density at radius 2 is 1.46 bits per heavy atom. The Balaban J connectivity index is 1.21. The van der Waals surface area contributed by atoms with Crippen molar-refractivity contribution in [2.24, 2.45) is 23.7 Å². The number of hydrogen-bond donors (Lipinski definition) is 1. The zero-order valence-electron chi connectivity index (χ0n) is 30.6. The first kappa shape index (κ1) is 35.1. The Hall–Kier alpha value is -6.60. The minimum atomic E-state index is -1.46. The SMILES string of the molecule is C=Cc1ccc(N2C(=O)[C@H]3[C@H](CC=C4[C@H]3C[C@H]3C(=O)C(c5ccccc5)=CC(=O)[C@@]3(c3ccccc3)[C@H]4c3ccc(OCc4ccccc4)cc3O)C2=O)cc1. The first-order valence-corrected chi connectivity index (χ1v) is 19.0. The summed E-state index contributed by atoms with van der Waals surface area (Å²) in [5.41, 5.74) is 3.69. The number of ketones is 2. The zero-order valence-corrected chi connectivity index (χ0v) is 30.6. The van der Waals surface area contributed by atoms with Gasteiger partial charge in [0.15, 0.2) is 11.6 Å². The second-order valence-electron chi connectivity index (χ2n) is 15.1. The normalized spacial score (nSPS) is 25.4. The largest absolute Gasteiger partial charge is 0.508 e. The van der Waals surface area contributed by atoms with Crippen molar-refractivity contribution in [2.75, 3.05) is 4.90 Å². The van der Waals surface area contributed by atoms with Crippen LogP contribution in [0.2, 0.25) is 0 Å². The van der Waals surface area contributed by atoms with Gasteiger partial charge in [0.25, 0.3) is 0 Å². The maximum Gasteiger partial charge on any atom is 0.238 e. The van der Waals surface area contributed by atoms with Gasteiger partial charge >= 0.3 is 0 Å². The summed E-state index contributed by atoms with van der Waals surface area (Å²) < 4.78 is 6.09. The number of carbonyl (C=O) groups is 4. The summed E-state index contributed by atoms with van der Waals surface area (Å²) in [5.74, 6) is -4.42. The van der Waals surface area contributed by atoms with Crippen LogP contribution in [0.5, 0.6) is 11.5 Å². The fourth-order valence-corrected chi connectivity index (χ4v) is 9.83. The quantitative estimate of drug-likeness (QED) is 0.126. The third-order valence-electron chi connectivity index (χ3n) is 12.3. The van der Waals surface area contributed by atoms with Crippen LogP contribution in [0.15, 0.2) is 158 Å². The molecule has 1 N–H and O–H groups in total. The van der Waals surface area contributed by atoms with Crippen molar-refractivity contribution in [1.29, 1.82) is 0 Å². The molecule has 56 heavy (non-hydrogen) atoms. The van der Waals surface area contributed by atoms with Gasteiger partial charge in [-0.15, -0.1) is 0 Å². The van der Waals surface area contributed by atoms with E-state index in [1.54, 1.807) is 36.4 Å². The van der Waals surface area contributed by atoms with Crippen molar-refractivity contribution in [3.63, 3.8) is 0 Å². The molecule has 0 aromatic heterocycles. The number of anilines is 1. The third kappa shape index (κ3) is 5.49. The molecule has 0 radical (unpaired) electrons. The lowest BCUT2D eigenvalue weighted by atomic mass is 9.44. The molecule has 1 saturated heterocycles. The topological polar surface area (TPSA) is 101 Å². The number of allylic oxidation sites excluding steroid dienone is 4. The van der Waals surface area contributed by atoms with Crippen LogP contribution in [0.3, 0.4) is 0 Å². The van der Waals surface area contributed by atoms with E-state index >= 15 is 9.59 Å². The van der Waals surface area contributed by atoms with Crippen molar-refractivity contribution < 1.29 is 29.0 Å². The van der Waals surface area contributed by atoms with E-state index in [1.807, 2.05) is 109 Å². The number of rotatable bonds is 8. The lowest BCUT2D eigenvalue weighted by Crippen LogP contribution is -2.58. The second-order valence-corrected chi connectivity index (χ2v) is 15.1. The van der Waals surface area contributed by atoms with Crippen LogP contribution in [-0.2, 0) is 31.2 Å². The predicted octanol–water partition coefficient (Wildman–Crippen LogP) is 8.64. The summed E-state index contributed by atoms with van der Waals surface area (Å²) in [6, 6.07) is 40.5. The van der Waals surface area contributed by atoms with Crippen LogP contribution >= 0.6 is 0 Å². The van der Waals surface area contributed by atoms with E-state index in [2.05, 4.69) is 6.58 Å². The van der Waals surface area contributed by atoms with E-state index in [1.165, 1.54) is 11.0 Å². The van der Waals surface area contributed by atoms with Gasteiger partial charge < -0.3 is 9.84 Å². The van der Waals surface area contributed by atoms with Crippen LogP contribution < -0.4 is 9.64 Å². The Kier molecular flexibility index (Phi) is 8.73. The molecule has 3 aliphatic carbocycles. The molecule has 0 bridgehead atoms. The number of phenolic OH excluding ortho intramolecular Hbond substituents is 1. The van der Waals surface area contributed by atoms with Gasteiger partial charge in [-0.2, -0.15) is 0 Å². The molecule has 0 unspecified atom stereocenters. The molecule has 1 aliphatic heterocycles. The second kappa shape index (κ2) is 13.9. The number of phenols is 1. The molecule has 2 fully saturated rings. The Morgan fingerprint density at radius 3 is 2.14 bits per heavy atom. The van der Waals surface area contributed by atoms with Crippen molar-refractivity contribution in [2.45, 2.75) is 30.8 Å². The molecule has 5 aromatic carbocycles. The minimum absolute atomic E-state index is 0.0888. The first-order chi connectivity index (χ1) is 27.3. The van der Waals surface area contributed by atoms with Crippen LogP contribution in [0.4, 0.5) is 5.69 Å². The molecule has 7 heteroatoms. The zero-order chi connectivity index (χ0) is 38.6. The van der Waals surface area contributed by atoms with Crippen LogP contribution in [0.25, 0.3) is 11.6 Å². The molecule has 7 nitrogen and oxygen atoms in total. The van der Waals surface area contributed by atoms with Gasteiger partial charge in [0.1, 0.15) is 18.1 Å². The highest BCUT2D eigenvalue weighted by Crippen LogP contribution is 2.64. The number of Topliss-reactive ketones (excluding diaryl/α,β-unsaturated/α-hetero) is 1. The molecule has 9 rings (SSSR count). The number of benzene rings is 5. The van der Waals surface area contributed by atoms with Gasteiger partial charge in [0.05, 0.1) is 22.9 Å². The van der Waals surface area contributed by atoms with Crippen molar-refractivity contribution in [3.8, 4) is 11.5 Å². The number of fused-ring (bicyclic) bond motifs is 4. The molecule has 0 spiro atoms. The molecule has 276 valence electrons. The van der Waals surface area contributed by atoms with Crippen molar-refractivity contribution in [1.82, 2.24) is 0 Å². The summed E-state index contributed by atoms with van der Waals surface area (Å²) in [7, 11) is 0. The molecule has 1 saturated carbocycles. The van der Waals surface area contributed by atoms with Gasteiger partial charge in [-0.3, -0.25) is 24.1 Å². The molecular weight excluding hydrogens is 699 g/mol. The summed E-state index contributed by atoms with van der Waals surface area (Å²) in [6.07, 6.45) is 5.63. The predicted molar refractivity (Wildman–Crippen MR) is 214 cm³/mol. The Morgan fingerprint density at radius 1 is 0.786 bits per heavy atom. The minimum Gasteiger partial charge on any atom is -0.508 e. The molecule has 1 heterocycles. The number of aromatic hydroxyl groups is 1. The molecule has 4 aliphatic rings. The highest BCUT2D eigenvalue weighted by atomic mass is 16.5. The fourth-order valence-electron chi connectivity index (χ4n) is 9.83. The number of amides is 2. The van der Waals surface area contributed by atoms with E-state index < -0.39 is 35.0 Å². The molecular formula is C49H39NO6. The summed E-state index contributed by atoms with van der Waals surface area (Å²) >= 11 is 0. The number of imide groups is 1.